The summed E-state index contributed by atoms with van der Waals surface area (Å²) in [6.07, 6.45) is 0. The van der Waals surface area contributed by atoms with Crippen molar-refractivity contribution in [2.45, 2.75) is 27.3 Å². The van der Waals surface area contributed by atoms with E-state index in [0.717, 1.165) is 5.76 Å². The van der Waals surface area contributed by atoms with Gasteiger partial charge in [0.2, 0.25) is 5.91 Å². The molecule has 0 aliphatic rings. The minimum atomic E-state index is -0.555. The highest BCUT2D eigenvalue weighted by Crippen LogP contribution is 2.17. The number of halogens is 1. The first kappa shape index (κ1) is 12.0. The van der Waals surface area contributed by atoms with Crippen LogP contribution >= 0.6 is 11.6 Å². The molecule has 0 radical (unpaired) electrons. The molecule has 0 bridgehead atoms. The standard InChI is InChI=1S/C10H15ClN2O2/c1-7-4-8(13-15-7)5-12-9(14)10(2,3)6-11/h4H,5-6H2,1-3H3,(H,12,14). The molecular weight excluding hydrogens is 216 g/mol. The van der Waals surface area contributed by atoms with Gasteiger partial charge >= 0.3 is 0 Å². The number of nitrogens with one attached hydrogen (secondary N) is 1. The van der Waals surface area contributed by atoms with Gasteiger partial charge in [-0.25, -0.2) is 0 Å². The normalized spacial score (nSPS) is 11.5. The van der Waals surface area contributed by atoms with Crippen LogP contribution in [0.4, 0.5) is 0 Å². The number of alkyl halides is 1. The van der Waals surface area contributed by atoms with E-state index < -0.39 is 5.41 Å². The lowest BCUT2D eigenvalue weighted by atomic mass is 9.95. The summed E-state index contributed by atoms with van der Waals surface area (Å²) in [7, 11) is 0. The fourth-order valence-corrected chi connectivity index (χ4v) is 1.09. The van der Waals surface area contributed by atoms with Crippen LogP contribution in [0.15, 0.2) is 10.6 Å². The molecule has 0 saturated heterocycles. The summed E-state index contributed by atoms with van der Waals surface area (Å²) in [6, 6.07) is 1.79. The SMILES string of the molecule is Cc1cc(CNC(=O)C(C)(C)CCl)no1. The highest BCUT2D eigenvalue weighted by molar-refractivity contribution is 6.19. The third kappa shape index (κ3) is 3.23. The summed E-state index contributed by atoms with van der Waals surface area (Å²) < 4.78 is 4.88. The molecule has 5 heteroatoms. The third-order valence-electron chi connectivity index (χ3n) is 2.06. The van der Waals surface area contributed by atoms with Crippen LogP contribution in [0.1, 0.15) is 25.3 Å². The quantitative estimate of drug-likeness (QED) is 0.804. The van der Waals surface area contributed by atoms with Gasteiger partial charge in [0.1, 0.15) is 11.5 Å². The van der Waals surface area contributed by atoms with Crippen LogP contribution in [-0.4, -0.2) is 16.9 Å². The van der Waals surface area contributed by atoms with Crippen molar-refractivity contribution in [1.29, 1.82) is 0 Å². The van der Waals surface area contributed by atoms with Crippen molar-refractivity contribution < 1.29 is 9.32 Å². The van der Waals surface area contributed by atoms with Crippen LogP contribution in [0, 0.1) is 12.3 Å². The highest BCUT2D eigenvalue weighted by Gasteiger charge is 2.26. The van der Waals surface area contributed by atoms with Gasteiger partial charge in [-0.3, -0.25) is 4.79 Å². The fraction of sp³-hybridized carbons (Fsp3) is 0.600. The largest absolute Gasteiger partial charge is 0.361 e. The van der Waals surface area contributed by atoms with Gasteiger partial charge in [0.25, 0.3) is 0 Å². The predicted molar refractivity (Wildman–Crippen MR) is 57.6 cm³/mol. The zero-order valence-corrected chi connectivity index (χ0v) is 9.89. The molecule has 84 valence electrons. The van der Waals surface area contributed by atoms with Crippen LogP contribution < -0.4 is 5.32 Å². The molecule has 0 unspecified atom stereocenters. The van der Waals surface area contributed by atoms with Crippen molar-refractivity contribution in [2.24, 2.45) is 5.41 Å². The Kier molecular flexibility index (Phi) is 3.74. The van der Waals surface area contributed by atoms with E-state index >= 15 is 0 Å². The van der Waals surface area contributed by atoms with Crippen LogP contribution in [0.3, 0.4) is 0 Å². The Morgan fingerprint density at radius 1 is 1.67 bits per heavy atom. The third-order valence-corrected chi connectivity index (χ3v) is 2.72. The molecule has 15 heavy (non-hydrogen) atoms. The van der Waals surface area contributed by atoms with Crippen molar-refractivity contribution in [2.75, 3.05) is 5.88 Å². The summed E-state index contributed by atoms with van der Waals surface area (Å²) >= 11 is 5.68. The van der Waals surface area contributed by atoms with Gasteiger partial charge in [0.15, 0.2) is 0 Å². The van der Waals surface area contributed by atoms with Gasteiger partial charge in [-0.2, -0.15) is 0 Å². The van der Waals surface area contributed by atoms with Crippen molar-refractivity contribution in [3.63, 3.8) is 0 Å². The molecule has 0 atom stereocenters. The summed E-state index contributed by atoms with van der Waals surface area (Å²) in [4.78, 5) is 11.6. The Bertz CT molecular complexity index is 347. The molecule has 0 aromatic carbocycles. The molecule has 4 nitrogen and oxygen atoms in total. The lowest BCUT2D eigenvalue weighted by molar-refractivity contribution is -0.128. The van der Waals surface area contributed by atoms with Crippen LogP contribution in [0.25, 0.3) is 0 Å². The monoisotopic (exact) mass is 230 g/mol. The molecule has 0 spiro atoms. The van der Waals surface area contributed by atoms with Gasteiger partial charge in [0.05, 0.1) is 12.0 Å². The van der Waals surface area contributed by atoms with Gasteiger partial charge in [-0.05, 0) is 20.8 Å². The average molecular weight is 231 g/mol. The number of hydrogen-bond donors (Lipinski definition) is 1. The minimum absolute atomic E-state index is 0.0850. The molecule has 0 aliphatic carbocycles. The maximum absolute atomic E-state index is 11.6. The molecule has 1 N–H and O–H groups in total. The van der Waals surface area contributed by atoms with E-state index in [4.69, 9.17) is 16.1 Å². The van der Waals surface area contributed by atoms with E-state index in [0.29, 0.717) is 12.2 Å². The number of rotatable bonds is 4. The molecular formula is C10H15ClN2O2. The number of nitrogens with zero attached hydrogens (tertiary/aromatic N) is 1. The second-order valence-electron chi connectivity index (χ2n) is 4.13. The predicted octanol–water partition coefficient (Wildman–Crippen LogP) is 1.86. The zero-order valence-electron chi connectivity index (χ0n) is 9.13. The van der Waals surface area contributed by atoms with Crippen molar-refractivity contribution in [3.8, 4) is 0 Å². The van der Waals surface area contributed by atoms with E-state index in [1.807, 2.05) is 0 Å². The van der Waals surface area contributed by atoms with Gasteiger partial charge in [-0.1, -0.05) is 5.16 Å². The molecule has 0 fully saturated rings. The van der Waals surface area contributed by atoms with Gasteiger partial charge in [0, 0.05) is 11.9 Å². The lowest BCUT2D eigenvalue weighted by Gasteiger charge is -2.19. The highest BCUT2D eigenvalue weighted by atomic mass is 35.5. The summed E-state index contributed by atoms with van der Waals surface area (Å²) in [5.74, 6) is 0.936. The second-order valence-corrected chi connectivity index (χ2v) is 4.40. The summed E-state index contributed by atoms with van der Waals surface area (Å²) in [5.41, 5.74) is 0.159. The van der Waals surface area contributed by atoms with Crippen molar-refractivity contribution in [1.82, 2.24) is 10.5 Å². The van der Waals surface area contributed by atoms with E-state index in [2.05, 4.69) is 10.5 Å². The molecule has 1 heterocycles. The number of amides is 1. The van der Waals surface area contributed by atoms with E-state index in [1.165, 1.54) is 0 Å². The Morgan fingerprint density at radius 2 is 2.33 bits per heavy atom. The van der Waals surface area contributed by atoms with Crippen molar-refractivity contribution >= 4 is 17.5 Å². The van der Waals surface area contributed by atoms with Crippen LogP contribution in [0.2, 0.25) is 0 Å². The van der Waals surface area contributed by atoms with Crippen LogP contribution in [0.5, 0.6) is 0 Å². The topological polar surface area (TPSA) is 55.1 Å². The molecule has 1 rings (SSSR count). The van der Waals surface area contributed by atoms with Crippen molar-refractivity contribution in [3.05, 3.63) is 17.5 Å². The zero-order chi connectivity index (χ0) is 11.5. The molecule has 1 amide bonds. The summed E-state index contributed by atoms with van der Waals surface area (Å²) in [6.45, 7) is 5.77. The molecule has 0 saturated carbocycles. The Morgan fingerprint density at radius 3 is 2.80 bits per heavy atom. The Hall–Kier alpha value is -1.03. The number of carbonyl (C=O) groups excluding carboxylic acids is 1. The van der Waals surface area contributed by atoms with Crippen LogP contribution in [-0.2, 0) is 11.3 Å². The first-order valence-corrected chi connectivity index (χ1v) is 5.25. The number of carbonyl (C=O) groups is 1. The lowest BCUT2D eigenvalue weighted by Crippen LogP contribution is -2.37. The Balaban J connectivity index is 2.47. The fourth-order valence-electron chi connectivity index (χ4n) is 0.972. The Labute approximate surface area is 94.0 Å². The number of aromatic nitrogens is 1. The van der Waals surface area contributed by atoms with Gasteiger partial charge in [-0.15, -0.1) is 11.6 Å². The molecule has 1 aromatic heterocycles. The number of hydrogen-bond acceptors (Lipinski definition) is 3. The molecule has 1 aromatic rings. The van der Waals surface area contributed by atoms with E-state index in [1.54, 1.807) is 26.8 Å². The number of aryl methyl sites for hydroxylation is 1. The molecule has 0 aliphatic heterocycles. The average Bonchev–Trinajstić information content (AvgIpc) is 2.60. The smallest absolute Gasteiger partial charge is 0.227 e. The second kappa shape index (κ2) is 4.66. The first-order chi connectivity index (χ1) is 6.95. The maximum atomic E-state index is 11.6. The first-order valence-electron chi connectivity index (χ1n) is 4.72. The van der Waals surface area contributed by atoms with E-state index in [-0.39, 0.29) is 11.8 Å². The summed E-state index contributed by atoms with van der Waals surface area (Å²) in [5, 5.41) is 6.53. The van der Waals surface area contributed by atoms with E-state index in [9.17, 15) is 4.79 Å². The van der Waals surface area contributed by atoms with Gasteiger partial charge < -0.3 is 9.84 Å². The maximum Gasteiger partial charge on any atom is 0.227 e. The minimum Gasteiger partial charge on any atom is -0.361 e.